The van der Waals surface area contributed by atoms with Crippen molar-refractivity contribution in [3.63, 3.8) is 0 Å². The van der Waals surface area contributed by atoms with Crippen molar-refractivity contribution in [2.45, 2.75) is 11.8 Å². The maximum atomic E-state index is 13.7. The van der Waals surface area contributed by atoms with Crippen LogP contribution >= 0.6 is 0 Å². The monoisotopic (exact) mass is 300 g/mol. The Kier molecular flexibility index (Phi) is 3.45. The number of rotatable bonds is 4. The van der Waals surface area contributed by atoms with E-state index in [4.69, 9.17) is 5.11 Å². The minimum atomic E-state index is -4.22. The summed E-state index contributed by atoms with van der Waals surface area (Å²) in [6, 6.07) is 3.81. The molecule has 20 heavy (non-hydrogen) atoms. The number of nitrogens with one attached hydrogen (secondary N) is 1. The minimum absolute atomic E-state index is 0.163. The number of halogens is 1. The molecule has 7 nitrogen and oxygen atoms in total. The number of benzene rings is 1. The van der Waals surface area contributed by atoms with E-state index in [-0.39, 0.29) is 11.4 Å². The molecule has 0 saturated heterocycles. The van der Waals surface area contributed by atoms with Gasteiger partial charge in [-0.05, 0) is 25.1 Å². The van der Waals surface area contributed by atoms with E-state index in [0.717, 1.165) is 12.1 Å². The van der Waals surface area contributed by atoms with Crippen LogP contribution in [0.25, 0.3) is 0 Å². The standard InChI is InChI=1S/C11H9FN2O5S/c1-6-4-10(19-13-6)14-20(17,18)9-3-2-7(11(15)16)5-8(9)12/h2-5,14H,1H3,(H,15,16). The zero-order chi connectivity index (χ0) is 14.9. The van der Waals surface area contributed by atoms with Gasteiger partial charge in [-0.3, -0.25) is 0 Å². The number of carboxylic acid groups (broad SMARTS) is 1. The molecular weight excluding hydrogens is 291 g/mol. The zero-order valence-corrected chi connectivity index (χ0v) is 10.9. The molecule has 0 spiro atoms. The lowest BCUT2D eigenvalue weighted by Gasteiger charge is -2.06. The average Bonchev–Trinajstić information content (AvgIpc) is 2.73. The van der Waals surface area contributed by atoms with E-state index < -0.39 is 26.7 Å². The van der Waals surface area contributed by atoms with Crippen LogP contribution in [0.1, 0.15) is 16.1 Å². The molecule has 0 aliphatic heterocycles. The second-order valence-electron chi connectivity index (χ2n) is 3.89. The fourth-order valence-corrected chi connectivity index (χ4v) is 2.48. The summed E-state index contributed by atoms with van der Waals surface area (Å²) in [6.07, 6.45) is 0. The van der Waals surface area contributed by atoms with Crippen LogP contribution in [0.3, 0.4) is 0 Å². The van der Waals surface area contributed by atoms with Gasteiger partial charge in [0.2, 0.25) is 5.88 Å². The zero-order valence-electron chi connectivity index (χ0n) is 10.1. The lowest BCUT2D eigenvalue weighted by molar-refractivity contribution is 0.0696. The van der Waals surface area contributed by atoms with E-state index in [9.17, 15) is 17.6 Å². The number of anilines is 1. The van der Waals surface area contributed by atoms with Crippen LogP contribution in [0.15, 0.2) is 33.7 Å². The molecule has 0 fully saturated rings. The summed E-state index contributed by atoms with van der Waals surface area (Å²) < 4.78 is 44.2. The number of carboxylic acids is 1. The molecule has 1 heterocycles. The summed E-state index contributed by atoms with van der Waals surface area (Å²) in [5.74, 6) is -2.69. The normalized spacial score (nSPS) is 11.3. The molecule has 0 unspecified atom stereocenters. The maximum absolute atomic E-state index is 13.7. The molecule has 2 N–H and O–H groups in total. The Bertz CT molecular complexity index is 769. The van der Waals surface area contributed by atoms with Crippen molar-refractivity contribution in [2.24, 2.45) is 0 Å². The molecule has 0 bridgehead atoms. The van der Waals surface area contributed by atoms with E-state index in [0.29, 0.717) is 11.8 Å². The van der Waals surface area contributed by atoms with Crippen molar-refractivity contribution in [3.8, 4) is 0 Å². The summed E-state index contributed by atoms with van der Waals surface area (Å²) >= 11 is 0. The Morgan fingerprint density at radius 1 is 1.40 bits per heavy atom. The van der Waals surface area contributed by atoms with Crippen molar-refractivity contribution < 1.29 is 27.2 Å². The highest BCUT2D eigenvalue weighted by Gasteiger charge is 2.22. The van der Waals surface area contributed by atoms with Gasteiger partial charge in [0.15, 0.2) is 0 Å². The molecular formula is C11H9FN2O5S. The van der Waals surface area contributed by atoms with Gasteiger partial charge in [-0.1, -0.05) is 5.16 Å². The van der Waals surface area contributed by atoms with Crippen LogP contribution in [0.4, 0.5) is 10.3 Å². The third-order valence-corrected chi connectivity index (χ3v) is 3.71. The third kappa shape index (κ3) is 2.77. The topological polar surface area (TPSA) is 110 Å². The molecule has 2 rings (SSSR count). The predicted molar refractivity (Wildman–Crippen MR) is 65.4 cm³/mol. The Morgan fingerprint density at radius 2 is 2.10 bits per heavy atom. The first-order valence-electron chi connectivity index (χ1n) is 5.28. The molecule has 0 radical (unpaired) electrons. The van der Waals surface area contributed by atoms with Crippen molar-refractivity contribution in [2.75, 3.05) is 4.72 Å². The molecule has 2 aromatic rings. The van der Waals surface area contributed by atoms with Crippen LogP contribution in [0.2, 0.25) is 0 Å². The summed E-state index contributed by atoms with van der Waals surface area (Å²) in [6.45, 7) is 1.59. The number of aryl methyl sites for hydroxylation is 1. The SMILES string of the molecule is Cc1cc(NS(=O)(=O)c2ccc(C(=O)O)cc2F)on1. The highest BCUT2D eigenvalue weighted by Crippen LogP contribution is 2.20. The number of carbonyl (C=O) groups is 1. The Morgan fingerprint density at radius 3 is 2.60 bits per heavy atom. The Hall–Kier alpha value is -2.42. The van der Waals surface area contributed by atoms with Gasteiger partial charge in [0, 0.05) is 6.07 Å². The molecule has 1 aromatic heterocycles. The first kappa shape index (κ1) is 14.0. The number of hydrogen-bond donors (Lipinski definition) is 2. The van der Waals surface area contributed by atoms with Crippen LogP contribution < -0.4 is 4.72 Å². The minimum Gasteiger partial charge on any atom is -0.478 e. The molecule has 106 valence electrons. The average molecular weight is 300 g/mol. The summed E-state index contributed by atoms with van der Waals surface area (Å²) in [5, 5.41) is 12.2. The van der Waals surface area contributed by atoms with E-state index in [1.165, 1.54) is 6.07 Å². The van der Waals surface area contributed by atoms with Crippen LogP contribution in [-0.4, -0.2) is 24.7 Å². The first-order valence-corrected chi connectivity index (χ1v) is 6.77. The van der Waals surface area contributed by atoms with Gasteiger partial charge in [-0.2, -0.15) is 0 Å². The van der Waals surface area contributed by atoms with Gasteiger partial charge in [-0.15, -0.1) is 0 Å². The molecule has 0 aliphatic carbocycles. The van der Waals surface area contributed by atoms with E-state index in [2.05, 4.69) is 9.68 Å². The van der Waals surface area contributed by atoms with Gasteiger partial charge in [0.1, 0.15) is 10.7 Å². The first-order chi connectivity index (χ1) is 9.29. The third-order valence-electron chi connectivity index (χ3n) is 2.33. The van der Waals surface area contributed by atoms with Crippen LogP contribution in [0, 0.1) is 12.7 Å². The lowest BCUT2D eigenvalue weighted by atomic mass is 10.2. The smallest absolute Gasteiger partial charge is 0.335 e. The van der Waals surface area contributed by atoms with Gasteiger partial charge in [-0.25, -0.2) is 22.3 Å². The number of sulfonamides is 1. The number of aromatic nitrogens is 1. The quantitative estimate of drug-likeness (QED) is 0.888. The number of nitrogens with zero attached hydrogens (tertiary/aromatic N) is 1. The fourth-order valence-electron chi connectivity index (χ4n) is 1.45. The molecule has 9 heteroatoms. The van der Waals surface area contributed by atoms with Gasteiger partial charge in [0.05, 0.1) is 11.3 Å². The molecule has 0 amide bonds. The fraction of sp³-hybridized carbons (Fsp3) is 0.0909. The van der Waals surface area contributed by atoms with Crippen molar-refractivity contribution in [1.82, 2.24) is 5.16 Å². The predicted octanol–water partition coefficient (Wildman–Crippen LogP) is 1.62. The summed E-state index contributed by atoms with van der Waals surface area (Å²) in [5.41, 5.74) is 0.0985. The van der Waals surface area contributed by atoms with Gasteiger partial charge >= 0.3 is 5.97 Å². The van der Waals surface area contributed by atoms with E-state index in [1.54, 1.807) is 6.92 Å². The Balaban J connectivity index is 2.37. The Labute approximate surface area is 113 Å². The maximum Gasteiger partial charge on any atom is 0.335 e. The van der Waals surface area contributed by atoms with Crippen LogP contribution in [0.5, 0.6) is 0 Å². The molecule has 0 aliphatic rings. The van der Waals surface area contributed by atoms with Gasteiger partial charge in [0.25, 0.3) is 10.0 Å². The summed E-state index contributed by atoms with van der Waals surface area (Å²) in [4.78, 5) is 9.97. The van der Waals surface area contributed by atoms with E-state index in [1.807, 2.05) is 4.72 Å². The molecule has 0 atom stereocenters. The second-order valence-corrected chi connectivity index (χ2v) is 5.54. The van der Waals surface area contributed by atoms with E-state index >= 15 is 0 Å². The molecule has 0 saturated carbocycles. The lowest BCUT2D eigenvalue weighted by Crippen LogP contribution is -2.14. The highest BCUT2D eigenvalue weighted by atomic mass is 32.2. The van der Waals surface area contributed by atoms with Crippen molar-refractivity contribution in [1.29, 1.82) is 0 Å². The number of hydrogen-bond acceptors (Lipinski definition) is 5. The van der Waals surface area contributed by atoms with Crippen LogP contribution in [-0.2, 0) is 10.0 Å². The van der Waals surface area contributed by atoms with Gasteiger partial charge < -0.3 is 9.63 Å². The molecule has 1 aromatic carbocycles. The number of aromatic carboxylic acids is 1. The second kappa shape index (κ2) is 4.93. The van der Waals surface area contributed by atoms with Crippen molar-refractivity contribution >= 4 is 21.9 Å². The summed E-state index contributed by atoms with van der Waals surface area (Å²) in [7, 11) is -4.22. The largest absolute Gasteiger partial charge is 0.478 e. The highest BCUT2D eigenvalue weighted by molar-refractivity contribution is 7.92. The van der Waals surface area contributed by atoms with Crippen molar-refractivity contribution in [3.05, 3.63) is 41.3 Å².